The lowest BCUT2D eigenvalue weighted by Gasteiger charge is -2.54. The molecule has 3 aliphatic rings. The van der Waals surface area contributed by atoms with Crippen LogP contribution in [0.4, 0.5) is 0 Å². The second kappa shape index (κ2) is 5.39. The van der Waals surface area contributed by atoms with E-state index < -0.39 is 26.9 Å². The molecule has 0 saturated carbocycles. The van der Waals surface area contributed by atoms with Crippen molar-refractivity contribution in [3.05, 3.63) is 23.1 Å². The number of nitriles is 4. The van der Waals surface area contributed by atoms with Gasteiger partial charge in [-0.1, -0.05) is 59.8 Å². The Morgan fingerprint density at radius 3 is 1.80 bits per heavy atom. The molecular weight excluding hydrogens is 328 g/mol. The second-order valence-electron chi connectivity index (χ2n) is 8.76. The summed E-state index contributed by atoms with van der Waals surface area (Å²) in [5.41, 5.74) is -4.28. The summed E-state index contributed by atoms with van der Waals surface area (Å²) in [6.45, 7) is 12.1. The fourth-order valence-corrected chi connectivity index (χ4v) is 5.52. The maximum atomic E-state index is 10.2. The topological polar surface area (TPSA) is 95.2 Å². The zero-order valence-electron chi connectivity index (χ0n) is 15.5. The first-order valence-electron chi connectivity index (χ1n) is 8.17. The van der Waals surface area contributed by atoms with E-state index >= 15 is 0 Å². The normalized spacial score (nSPS) is 29.4. The van der Waals surface area contributed by atoms with Gasteiger partial charge in [0.1, 0.15) is 0 Å². The Kier molecular flexibility index (Phi) is 4.12. The molecule has 0 fully saturated rings. The van der Waals surface area contributed by atoms with Crippen LogP contribution >= 0.6 is 11.8 Å². The van der Waals surface area contributed by atoms with E-state index in [9.17, 15) is 21.0 Å². The highest BCUT2D eigenvalue weighted by atomic mass is 32.2. The van der Waals surface area contributed by atoms with Crippen molar-refractivity contribution >= 4 is 11.8 Å². The van der Waals surface area contributed by atoms with Gasteiger partial charge in [-0.15, -0.1) is 11.8 Å². The Morgan fingerprint density at radius 1 is 0.920 bits per heavy atom. The van der Waals surface area contributed by atoms with E-state index in [1.54, 1.807) is 0 Å². The molecule has 2 heterocycles. The molecule has 0 amide bonds. The molecule has 3 rings (SSSR count). The van der Waals surface area contributed by atoms with E-state index in [2.05, 4.69) is 45.0 Å². The van der Waals surface area contributed by atoms with Gasteiger partial charge in [-0.05, 0) is 15.7 Å². The van der Waals surface area contributed by atoms with E-state index in [-0.39, 0.29) is 5.41 Å². The van der Waals surface area contributed by atoms with Crippen molar-refractivity contribution in [3.63, 3.8) is 0 Å². The smallest absolute Gasteiger partial charge is 0.195 e. The summed E-state index contributed by atoms with van der Waals surface area (Å²) in [4.78, 5) is 1.000. The average molecular weight is 350 g/mol. The molecule has 4 nitrogen and oxygen atoms in total. The quantitative estimate of drug-likeness (QED) is 0.590. The monoisotopic (exact) mass is 350 g/mol. The molecular formula is C20H22N4S. The largest absolute Gasteiger partial charge is 0.196 e. The van der Waals surface area contributed by atoms with Gasteiger partial charge >= 0.3 is 0 Å². The van der Waals surface area contributed by atoms with Gasteiger partial charge in [-0.25, -0.2) is 0 Å². The third-order valence-electron chi connectivity index (χ3n) is 5.33. The summed E-state index contributed by atoms with van der Waals surface area (Å²) in [6, 6.07) is 8.45. The van der Waals surface area contributed by atoms with Gasteiger partial charge in [0, 0.05) is 5.92 Å². The van der Waals surface area contributed by atoms with E-state index in [0.717, 1.165) is 4.91 Å². The highest BCUT2D eigenvalue weighted by Gasteiger charge is 2.74. The summed E-state index contributed by atoms with van der Waals surface area (Å²) >= 11 is 1.47. The number of hydrogen-bond donors (Lipinski definition) is 0. The predicted molar refractivity (Wildman–Crippen MR) is 97.3 cm³/mol. The molecule has 2 bridgehead atoms. The Hall–Kier alpha value is -2.21. The number of nitrogens with zero attached hydrogens (tertiary/aromatic N) is 4. The SMILES string of the molecule is CC(C)(C)C1=CC2C=CC(C(C)(C)C)(S1)C(C#N)(C#N)C2(C#N)C#N. The number of hydrogen-bond acceptors (Lipinski definition) is 5. The zero-order chi connectivity index (χ0) is 19.3. The van der Waals surface area contributed by atoms with Crippen LogP contribution in [-0.4, -0.2) is 4.75 Å². The highest BCUT2D eigenvalue weighted by molar-refractivity contribution is 8.04. The van der Waals surface area contributed by atoms with Gasteiger partial charge in [0.25, 0.3) is 0 Å². The van der Waals surface area contributed by atoms with E-state index in [1.165, 1.54) is 11.8 Å². The maximum absolute atomic E-state index is 10.2. The van der Waals surface area contributed by atoms with Crippen LogP contribution in [0, 0.1) is 72.9 Å². The fraction of sp³-hybridized carbons (Fsp3) is 0.600. The number of fused-ring (bicyclic) bond motifs is 2. The summed E-state index contributed by atoms with van der Waals surface area (Å²) in [5.74, 6) is -0.596. The van der Waals surface area contributed by atoms with Crippen LogP contribution in [0.3, 0.4) is 0 Å². The Bertz CT molecular complexity index is 796. The predicted octanol–water partition coefficient (Wildman–Crippen LogP) is 4.70. The van der Waals surface area contributed by atoms with Crippen molar-refractivity contribution in [2.75, 3.05) is 0 Å². The van der Waals surface area contributed by atoms with Crippen LogP contribution < -0.4 is 0 Å². The molecule has 25 heavy (non-hydrogen) atoms. The Balaban J connectivity index is 3.05. The van der Waals surface area contributed by atoms with Crippen molar-refractivity contribution < 1.29 is 0 Å². The molecule has 0 aromatic rings. The summed E-state index contributed by atoms with van der Waals surface area (Å²) in [6.07, 6.45) is 5.66. The minimum absolute atomic E-state index is 0.219. The molecule has 128 valence electrons. The molecule has 2 unspecified atom stereocenters. The van der Waals surface area contributed by atoms with Gasteiger partial charge in [0.2, 0.25) is 0 Å². The molecule has 5 heteroatoms. The molecule has 0 spiro atoms. The molecule has 1 aliphatic carbocycles. The zero-order valence-corrected chi connectivity index (χ0v) is 16.3. The van der Waals surface area contributed by atoms with Crippen LogP contribution in [0.2, 0.25) is 0 Å². The average Bonchev–Trinajstić information content (AvgIpc) is 2.80. The summed E-state index contributed by atoms with van der Waals surface area (Å²) in [5, 5.41) is 40.3. The van der Waals surface area contributed by atoms with Gasteiger partial charge in [-0.2, -0.15) is 21.0 Å². The van der Waals surface area contributed by atoms with Crippen molar-refractivity contribution in [2.24, 2.45) is 27.6 Å². The number of rotatable bonds is 0. The van der Waals surface area contributed by atoms with Gasteiger partial charge in [0.15, 0.2) is 10.8 Å². The molecule has 0 radical (unpaired) electrons. The third-order valence-corrected chi connectivity index (χ3v) is 7.68. The Morgan fingerprint density at radius 2 is 1.44 bits per heavy atom. The first-order valence-corrected chi connectivity index (χ1v) is 8.99. The van der Waals surface area contributed by atoms with Crippen LogP contribution in [-0.2, 0) is 0 Å². The number of allylic oxidation sites excluding steroid dienone is 3. The van der Waals surface area contributed by atoms with Gasteiger partial charge < -0.3 is 0 Å². The number of thioether (sulfide) groups is 1. The lowest BCUT2D eigenvalue weighted by Crippen LogP contribution is -2.62. The van der Waals surface area contributed by atoms with Gasteiger partial charge in [-0.3, -0.25) is 0 Å². The first-order chi connectivity index (χ1) is 11.4. The molecule has 0 aromatic heterocycles. The van der Waals surface area contributed by atoms with Crippen LogP contribution in [0.1, 0.15) is 41.5 Å². The minimum Gasteiger partial charge on any atom is -0.196 e. The Labute approximate surface area is 154 Å². The molecule has 0 aromatic carbocycles. The molecule has 2 aliphatic heterocycles. The van der Waals surface area contributed by atoms with Crippen LogP contribution in [0.15, 0.2) is 23.1 Å². The van der Waals surface area contributed by atoms with E-state index in [1.807, 2.05) is 39.0 Å². The minimum atomic E-state index is -1.78. The molecule has 0 N–H and O–H groups in total. The van der Waals surface area contributed by atoms with Crippen molar-refractivity contribution in [2.45, 2.75) is 46.3 Å². The van der Waals surface area contributed by atoms with Crippen LogP contribution in [0.5, 0.6) is 0 Å². The lowest BCUT2D eigenvalue weighted by atomic mass is 9.47. The lowest BCUT2D eigenvalue weighted by molar-refractivity contribution is 0.126. The molecule has 0 saturated heterocycles. The highest BCUT2D eigenvalue weighted by Crippen LogP contribution is 2.70. The third kappa shape index (κ3) is 2.10. The first kappa shape index (κ1) is 19.1. The fourth-order valence-electron chi connectivity index (χ4n) is 3.79. The van der Waals surface area contributed by atoms with Crippen molar-refractivity contribution in [3.8, 4) is 24.3 Å². The standard InChI is InChI=1S/C20H22N4S/c1-16(2,3)15-9-14-7-8-20(25-15,17(4,5)6)19(12-23,13-24)18(14,10-21)11-22/h7-9,14H,1-6H3. The summed E-state index contributed by atoms with van der Waals surface area (Å²) < 4.78 is -1.01. The summed E-state index contributed by atoms with van der Waals surface area (Å²) in [7, 11) is 0. The maximum Gasteiger partial charge on any atom is 0.195 e. The van der Waals surface area contributed by atoms with E-state index in [4.69, 9.17) is 0 Å². The van der Waals surface area contributed by atoms with E-state index in [0.29, 0.717) is 0 Å². The molecule has 2 atom stereocenters. The van der Waals surface area contributed by atoms with Crippen molar-refractivity contribution in [1.82, 2.24) is 0 Å². The van der Waals surface area contributed by atoms with Gasteiger partial charge in [0.05, 0.1) is 29.0 Å². The second-order valence-corrected chi connectivity index (χ2v) is 10.0. The van der Waals surface area contributed by atoms with Crippen LogP contribution in [0.25, 0.3) is 0 Å². The van der Waals surface area contributed by atoms with Crippen molar-refractivity contribution in [1.29, 1.82) is 21.0 Å².